The number of hydrogen-bond acceptors (Lipinski definition) is 1. The van der Waals surface area contributed by atoms with E-state index in [0.29, 0.717) is 0 Å². The molecule has 0 saturated heterocycles. The van der Waals surface area contributed by atoms with Crippen molar-refractivity contribution in [2.45, 2.75) is 51.9 Å². The molecule has 1 fully saturated rings. The van der Waals surface area contributed by atoms with Crippen molar-refractivity contribution in [3.8, 4) is 0 Å². The maximum atomic E-state index is 10.4. The van der Waals surface area contributed by atoms with E-state index in [9.17, 15) is 4.79 Å². The van der Waals surface area contributed by atoms with Crippen molar-refractivity contribution in [1.29, 1.82) is 0 Å². The highest BCUT2D eigenvalue weighted by molar-refractivity contribution is 5.80. The van der Waals surface area contributed by atoms with Gasteiger partial charge in [-0.25, -0.2) is 4.79 Å². The fourth-order valence-corrected chi connectivity index (χ4v) is 2.19. The van der Waals surface area contributed by atoms with Crippen LogP contribution in [-0.2, 0) is 4.79 Å². The molecule has 1 rings (SSSR count). The molecule has 0 heterocycles. The average molecular weight is 196 g/mol. The summed E-state index contributed by atoms with van der Waals surface area (Å²) in [6.45, 7) is 1.91. The molecule has 0 radical (unpaired) electrons. The Kier molecular flexibility index (Phi) is 4.71. The van der Waals surface area contributed by atoms with E-state index in [1.54, 1.807) is 0 Å². The van der Waals surface area contributed by atoms with Crippen molar-refractivity contribution in [3.63, 3.8) is 0 Å². The van der Waals surface area contributed by atoms with Crippen LogP contribution in [-0.4, -0.2) is 11.1 Å². The molecule has 0 aromatic rings. The van der Waals surface area contributed by atoms with E-state index in [4.69, 9.17) is 5.11 Å². The van der Waals surface area contributed by atoms with Gasteiger partial charge in [0.25, 0.3) is 0 Å². The number of carboxylic acids is 1. The maximum absolute atomic E-state index is 10.4. The highest BCUT2D eigenvalue weighted by atomic mass is 16.4. The first kappa shape index (κ1) is 11.3. The third kappa shape index (κ3) is 4.45. The molecule has 1 aliphatic rings. The van der Waals surface area contributed by atoms with Gasteiger partial charge in [0, 0.05) is 6.08 Å². The van der Waals surface area contributed by atoms with Crippen molar-refractivity contribution >= 4 is 5.97 Å². The SMILES string of the molecule is C/C(=C/C(=O)O)CCC1CCCCC1. The second-order valence-electron chi connectivity index (χ2n) is 4.37. The fourth-order valence-electron chi connectivity index (χ4n) is 2.19. The molecule has 0 amide bonds. The largest absolute Gasteiger partial charge is 0.478 e. The minimum absolute atomic E-state index is 0.814. The first-order valence-electron chi connectivity index (χ1n) is 5.58. The van der Waals surface area contributed by atoms with E-state index in [1.807, 2.05) is 6.92 Å². The molecule has 0 unspecified atom stereocenters. The first-order valence-corrected chi connectivity index (χ1v) is 5.58. The van der Waals surface area contributed by atoms with Gasteiger partial charge in [0.1, 0.15) is 0 Å². The molecule has 1 aliphatic carbocycles. The van der Waals surface area contributed by atoms with Crippen molar-refractivity contribution in [3.05, 3.63) is 11.6 Å². The summed E-state index contributed by atoms with van der Waals surface area (Å²) in [5.41, 5.74) is 1.00. The normalized spacial score (nSPS) is 19.6. The van der Waals surface area contributed by atoms with Gasteiger partial charge in [-0.15, -0.1) is 0 Å². The fraction of sp³-hybridized carbons (Fsp3) is 0.750. The summed E-state index contributed by atoms with van der Waals surface area (Å²) in [5, 5.41) is 8.54. The lowest BCUT2D eigenvalue weighted by Gasteiger charge is -2.21. The summed E-state index contributed by atoms with van der Waals surface area (Å²) in [7, 11) is 0. The van der Waals surface area contributed by atoms with Crippen molar-refractivity contribution in [1.82, 2.24) is 0 Å². The van der Waals surface area contributed by atoms with Crippen LogP contribution in [0.25, 0.3) is 0 Å². The molecule has 0 aliphatic heterocycles. The Balaban J connectivity index is 2.21. The Morgan fingerprint density at radius 2 is 2.00 bits per heavy atom. The molecule has 2 heteroatoms. The molecule has 2 nitrogen and oxygen atoms in total. The summed E-state index contributed by atoms with van der Waals surface area (Å²) in [4.78, 5) is 10.4. The summed E-state index contributed by atoms with van der Waals surface area (Å²) >= 11 is 0. The van der Waals surface area contributed by atoms with E-state index >= 15 is 0 Å². The zero-order valence-corrected chi connectivity index (χ0v) is 8.96. The Labute approximate surface area is 86.0 Å². The van der Waals surface area contributed by atoms with Crippen LogP contribution in [0.2, 0.25) is 0 Å². The minimum atomic E-state index is -0.814. The Hall–Kier alpha value is -0.790. The number of carbonyl (C=O) groups is 1. The molecule has 0 aromatic carbocycles. The van der Waals surface area contributed by atoms with Crippen molar-refractivity contribution in [2.24, 2.45) is 5.92 Å². The van der Waals surface area contributed by atoms with Crippen LogP contribution in [0.4, 0.5) is 0 Å². The Morgan fingerprint density at radius 3 is 2.57 bits per heavy atom. The van der Waals surface area contributed by atoms with Crippen molar-refractivity contribution < 1.29 is 9.90 Å². The van der Waals surface area contributed by atoms with Gasteiger partial charge in [0.05, 0.1) is 0 Å². The van der Waals surface area contributed by atoms with Gasteiger partial charge in [-0.05, 0) is 25.7 Å². The van der Waals surface area contributed by atoms with Gasteiger partial charge in [-0.3, -0.25) is 0 Å². The van der Waals surface area contributed by atoms with Crippen LogP contribution >= 0.6 is 0 Å². The standard InChI is InChI=1S/C12H20O2/c1-10(9-12(13)14)7-8-11-5-3-2-4-6-11/h9,11H,2-8H2,1H3,(H,13,14)/b10-9-. The summed E-state index contributed by atoms with van der Waals surface area (Å²) in [6, 6.07) is 0. The van der Waals surface area contributed by atoms with E-state index < -0.39 is 5.97 Å². The minimum Gasteiger partial charge on any atom is -0.478 e. The lowest BCUT2D eigenvalue weighted by Crippen LogP contribution is -2.06. The van der Waals surface area contributed by atoms with Crippen LogP contribution in [0.5, 0.6) is 0 Å². The molecule has 0 aromatic heterocycles. The molecular weight excluding hydrogens is 176 g/mol. The third-order valence-electron chi connectivity index (χ3n) is 3.04. The van der Waals surface area contributed by atoms with E-state index in [2.05, 4.69) is 0 Å². The lowest BCUT2D eigenvalue weighted by molar-refractivity contribution is -0.131. The van der Waals surface area contributed by atoms with E-state index in [-0.39, 0.29) is 0 Å². The van der Waals surface area contributed by atoms with Gasteiger partial charge >= 0.3 is 5.97 Å². The van der Waals surface area contributed by atoms with Crippen LogP contribution in [0.15, 0.2) is 11.6 Å². The first-order chi connectivity index (χ1) is 6.68. The van der Waals surface area contributed by atoms with E-state index in [1.165, 1.54) is 44.6 Å². The second kappa shape index (κ2) is 5.84. The molecule has 80 valence electrons. The second-order valence-corrected chi connectivity index (χ2v) is 4.37. The van der Waals surface area contributed by atoms with Crippen LogP contribution in [0, 0.1) is 5.92 Å². The van der Waals surface area contributed by atoms with E-state index in [0.717, 1.165) is 17.9 Å². The lowest BCUT2D eigenvalue weighted by atomic mass is 9.85. The van der Waals surface area contributed by atoms with Crippen LogP contribution in [0.3, 0.4) is 0 Å². The predicted octanol–water partition coefficient (Wildman–Crippen LogP) is 3.38. The van der Waals surface area contributed by atoms with Gasteiger partial charge in [-0.1, -0.05) is 37.7 Å². The summed E-state index contributed by atoms with van der Waals surface area (Å²) in [5.74, 6) is 0.0343. The number of aliphatic carboxylic acids is 1. The zero-order chi connectivity index (χ0) is 10.4. The molecule has 0 spiro atoms. The van der Waals surface area contributed by atoms with Crippen molar-refractivity contribution in [2.75, 3.05) is 0 Å². The molecule has 0 bridgehead atoms. The number of carboxylic acid groups (broad SMARTS) is 1. The molecule has 14 heavy (non-hydrogen) atoms. The summed E-state index contributed by atoms with van der Waals surface area (Å²) < 4.78 is 0. The Bertz CT molecular complexity index is 212. The highest BCUT2D eigenvalue weighted by Gasteiger charge is 2.12. The maximum Gasteiger partial charge on any atom is 0.328 e. The summed E-state index contributed by atoms with van der Waals surface area (Å²) in [6.07, 6.45) is 10.3. The van der Waals surface area contributed by atoms with Gasteiger partial charge in [-0.2, -0.15) is 0 Å². The highest BCUT2D eigenvalue weighted by Crippen LogP contribution is 2.28. The molecule has 0 atom stereocenters. The predicted molar refractivity (Wildman–Crippen MR) is 57.2 cm³/mol. The average Bonchev–Trinajstić information content (AvgIpc) is 2.15. The monoisotopic (exact) mass is 196 g/mol. The Morgan fingerprint density at radius 1 is 1.36 bits per heavy atom. The van der Waals surface area contributed by atoms with Gasteiger partial charge < -0.3 is 5.11 Å². The molecular formula is C12H20O2. The van der Waals surface area contributed by atoms with Crippen LogP contribution in [0.1, 0.15) is 51.9 Å². The smallest absolute Gasteiger partial charge is 0.328 e. The third-order valence-corrected chi connectivity index (χ3v) is 3.04. The molecule has 1 saturated carbocycles. The zero-order valence-electron chi connectivity index (χ0n) is 8.96. The number of rotatable bonds is 4. The van der Waals surface area contributed by atoms with Crippen LogP contribution < -0.4 is 0 Å². The topological polar surface area (TPSA) is 37.3 Å². The quantitative estimate of drug-likeness (QED) is 0.700. The van der Waals surface area contributed by atoms with Gasteiger partial charge in [0.15, 0.2) is 0 Å². The number of allylic oxidation sites excluding steroid dienone is 1. The number of hydrogen-bond donors (Lipinski definition) is 1. The molecule has 1 N–H and O–H groups in total. The van der Waals surface area contributed by atoms with Gasteiger partial charge in [0.2, 0.25) is 0 Å².